The number of hydrogen-bond donors (Lipinski definition) is 5. The molecule has 37 heavy (non-hydrogen) atoms. The number of ether oxygens (including phenoxy) is 4. The predicted molar refractivity (Wildman–Crippen MR) is 126 cm³/mol. The van der Waals surface area contributed by atoms with Crippen LogP contribution in [0.5, 0.6) is 0 Å². The normalized spacial score (nSPS) is 40.7. The molecule has 11 heteroatoms. The van der Waals surface area contributed by atoms with Gasteiger partial charge >= 0.3 is 11.9 Å². The third-order valence-corrected chi connectivity index (χ3v) is 8.03. The molecule has 1 saturated carbocycles. The maximum absolute atomic E-state index is 12.6. The minimum absolute atomic E-state index is 0.173. The summed E-state index contributed by atoms with van der Waals surface area (Å²) in [6, 6.07) is 0. The van der Waals surface area contributed by atoms with Gasteiger partial charge in [0.05, 0.1) is 18.3 Å². The number of aliphatic hydroxyl groups excluding tert-OH is 5. The SMILES string of the molecule is C=C1CC(OC(=O)C(O)C(C)C)C2C(=C)C(=O)OC2C2C(C)=C(OC3OC(CO)C(O)C(O)C3O)CC12. The van der Waals surface area contributed by atoms with Crippen molar-refractivity contribution in [2.24, 2.45) is 23.7 Å². The minimum Gasteiger partial charge on any atom is -0.466 e. The second-order valence-electron chi connectivity index (χ2n) is 10.7. The fourth-order valence-electron chi connectivity index (χ4n) is 5.78. The number of carbonyl (C=O) groups is 2. The molecule has 0 aromatic carbocycles. The van der Waals surface area contributed by atoms with Crippen molar-refractivity contribution in [3.05, 3.63) is 35.6 Å². The van der Waals surface area contributed by atoms with Crippen molar-refractivity contribution in [3.63, 3.8) is 0 Å². The van der Waals surface area contributed by atoms with E-state index >= 15 is 0 Å². The first-order chi connectivity index (χ1) is 17.4. The Morgan fingerprint density at radius 3 is 2.41 bits per heavy atom. The molecule has 11 atom stereocenters. The van der Waals surface area contributed by atoms with E-state index in [1.165, 1.54) is 0 Å². The number of rotatable bonds is 6. The van der Waals surface area contributed by atoms with Crippen LogP contribution in [0.25, 0.3) is 0 Å². The number of esters is 2. The molecule has 206 valence electrons. The Morgan fingerprint density at radius 2 is 1.78 bits per heavy atom. The fraction of sp³-hybridized carbons (Fsp3) is 0.692. The van der Waals surface area contributed by atoms with E-state index in [1.807, 2.05) is 0 Å². The van der Waals surface area contributed by atoms with Crippen molar-refractivity contribution >= 4 is 11.9 Å². The molecule has 2 aliphatic carbocycles. The lowest BCUT2D eigenvalue weighted by molar-refractivity contribution is -0.292. The van der Waals surface area contributed by atoms with E-state index < -0.39 is 73.5 Å². The maximum atomic E-state index is 12.6. The van der Waals surface area contributed by atoms with Gasteiger partial charge in [0, 0.05) is 24.3 Å². The van der Waals surface area contributed by atoms with E-state index in [4.69, 9.17) is 18.9 Å². The van der Waals surface area contributed by atoms with Gasteiger partial charge < -0.3 is 44.5 Å². The average Bonchev–Trinajstić information content (AvgIpc) is 3.29. The quantitative estimate of drug-likeness (QED) is 0.175. The summed E-state index contributed by atoms with van der Waals surface area (Å²) in [7, 11) is 0. The second-order valence-corrected chi connectivity index (χ2v) is 10.7. The van der Waals surface area contributed by atoms with Gasteiger partial charge in [-0.1, -0.05) is 32.6 Å². The molecule has 0 radical (unpaired) electrons. The zero-order valence-electron chi connectivity index (χ0n) is 21.1. The summed E-state index contributed by atoms with van der Waals surface area (Å²) < 4.78 is 22.9. The van der Waals surface area contributed by atoms with Crippen LogP contribution in [0.1, 0.15) is 33.6 Å². The summed E-state index contributed by atoms with van der Waals surface area (Å²) >= 11 is 0. The summed E-state index contributed by atoms with van der Waals surface area (Å²) in [5.41, 5.74) is 1.60. The van der Waals surface area contributed by atoms with Crippen LogP contribution in [0.2, 0.25) is 0 Å². The summed E-state index contributed by atoms with van der Waals surface area (Å²) in [5, 5.41) is 50.2. The lowest BCUT2D eigenvalue weighted by Crippen LogP contribution is -2.59. The largest absolute Gasteiger partial charge is 0.466 e. The molecule has 11 nitrogen and oxygen atoms in total. The van der Waals surface area contributed by atoms with E-state index in [1.54, 1.807) is 20.8 Å². The van der Waals surface area contributed by atoms with Crippen molar-refractivity contribution in [3.8, 4) is 0 Å². The van der Waals surface area contributed by atoms with E-state index in [2.05, 4.69) is 13.2 Å². The van der Waals surface area contributed by atoms with Crippen LogP contribution in [0.3, 0.4) is 0 Å². The molecular weight excluding hydrogens is 488 g/mol. The minimum atomic E-state index is -1.58. The van der Waals surface area contributed by atoms with Crippen LogP contribution < -0.4 is 0 Å². The van der Waals surface area contributed by atoms with Gasteiger partial charge in [-0.15, -0.1) is 0 Å². The third-order valence-electron chi connectivity index (χ3n) is 8.03. The average molecular weight is 525 g/mol. The van der Waals surface area contributed by atoms with Gasteiger partial charge in [0.25, 0.3) is 0 Å². The first-order valence-corrected chi connectivity index (χ1v) is 12.5. The number of aliphatic hydroxyl groups is 5. The van der Waals surface area contributed by atoms with Crippen LogP contribution in [0.15, 0.2) is 35.6 Å². The molecule has 5 N–H and O–H groups in total. The second kappa shape index (κ2) is 10.5. The van der Waals surface area contributed by atoms with Gasteiger partial charge in [0.15, 0.2) is 6.10 Å². The standard InChI is InChI=1S/C26H36O11/c1-9(2)19(28)25(33)34-15-6-10(3)13-7-14(11(4)17(13)23-18(15)12(5)24(32)37-23)35-26-22(31)21(30)20(29)16(8-27)36-26/h9,13,15-23,26-31H,3,5-8H2,1-2,4H3. The Kier molecular flexibility index (Phi) is 7.85. The van der Waals surface area contributed by atoms with Crippen LogP contribution in [-0.2, 0) is 28.5 Å². The van der Waals surface area contributed by atoms with Crippen molar-refractivity contribution in [1.82, 2.24) is 0 Å². The molecule has 4 rings (SSSR count). The van der Waals surface area contributed by atoms with Gasteiger partial charge in [-0.2, -0.15) is 0 Å². The van der Waals surface area contributed by atoms with Crippen LogP contribution >= 0.6 is 0 Å². The van der Waals surface area contributed by atoms with E-state index in [0.29, 0.717) is 17.8 Å². The molecule has 11 unspecified atom stereocenters. The summed E-state index contributed by atoms with van der Waals surface area (Å²) in [6.45, 7) is 12.7. The highest BCUT2D eigenvalue weighted by atomic mass is 16.7. The fourth-order valence-corrected chi connectivity index (χ4v) is 5.78. The first-order valence-electron chi connectivity index (χ1n) is 12.5. The van der Waals surface area contributed by atoms with Crippen molar-refractivity contribution in [1.29, 1.82) is 0 Å². The molecule has 4 aliphatic rings. The zero-order valence-corrected chi connectivity index (χ0v) is 21.1. The van der Waals surface area contributed by atoms with Crippen molar-refractivity contribution < 1.29 is 54.1 Å². The van der Waals surface area contributed by atoms with E-state index in [0.717, 1.165) is 5.57 Å². The molecule has 3 fully saturated rings. The van der Waals surface area contributed by atoms with Gasteiger partial charge in [-0.3, -0.25) is 0 Å². The number of hydrogen-bond acceptors (Lipinski definition) is 11. The predicted octanol–water partition coefficient (Wildman–Crippen LogP) is -0.301. The van der Waals surface area contributed by atoms with Crippen LogP contribution in [0, 0.1) is 23.7 Å². The van der Waals surface area contributed by atoms with Gasteiger partial charge in [-0.25, -0.2) is 9.59 Å². The molecule has 0 bridgehead atoms. The Morgan fingerprint density at radius 1 is 1.11 bits per heavy atom. The van der Waals surface area contributed by atoms with E-state index in [-0.39, 0.29) is 29.7 Å². The molecule has 2 heterocycles. The lowest BCUT2D eigenvalue weighted by atomic mass is 9.80. The van der Waals surface area contributed by atoms with Crippen LogP contribution in [0.4, 0.5) is 0 Å². The molecule has 0 aromatic heterocycles. The first kappa shape index (κ1) is 27.7. The molecular formula is C26H36O11. The van der Waals surface area contributed by atoms with E-state index in [9.17, 15) is 35.1 Å². The van der Waals surface area contributed by atoms with Crippen LogP contribution in [-0.4, -0.2) is 93.1 Å². The van der Waals surface area contributed by atoms with Crippen molar-refractivity contribution in [2.45, 2.75) is 82.6 Å². The molecule has 2 aliphatic heterocycles. The third kappa shape index (κ3) is 4.84. The topological polar surface area (TPSA) is 172 Å². The van der Waals surface area contributed by atoms with Gasteiger partial charge in [-0.05, 0) is 24.3 Å². The monoisotopic (exact) mass is 524 g/mol. The Hall–Kier alpha value is -2.28. The highest BCUT2D eigenvalue weighted by Crippen LogP contribution is 2.53. The summed E-state index contributed by atoms with van der Waals surface area (Å²) in [4.78, 5) is 25.2. The maximum Gasteiger partial charge on any atom is 0.335 e. The number of allylic oxidation sites excluding steroid dienone is 1. The molecule has 0 aromatic rings. The Bertz CT molecular complexity index is 985. The van der Waals surface area contributed by atoms with Crippen molar-refractivity contribution in [2.75, 3.05) is 6.61 Å². The molecule has 2 saturated heterocycles. The Balaban J connectivity index is 1.61. The molecule has 0 amide bonds. The highest BCUT2D eigenvalue weighted by molar-refractivity contribution is 5.91. The smallest absolute Gasteiger partial charge is 0.335 e. The van der Waals surface area contributed by atoms with Gasteiger partial charge in [0.2, 0.25) is 6.29 Å². The summed E-state index contributed by atoms with van der Waals surface area (Å²) in [6.07, 6.45) is -9.45. The highest BCUT2D eigenvalue weighted by Gasteiger charge is 2.56. The lowest BCUT2D eigenvalue weighted by Gasteiger charge is -2.40. The number of carbonyl (C=O) groups excluding carboxylic acids is 2. The molecule has 0 spiro atoms. The summed E-state index contributed by atoms with van der Waals surface area (Å²) in [5.74, 6) is -2.60. The zero-order chi connectivity index (χ0) is 27.3. The number of fused-ring (bicyclic) bond motifs is 3. The Labute approximate surface area is 215 Å². The van der Waals surface area contributed by atoms with Gasteiger partial charge in [0.1, 0.15) is 36.6 Å².